The summed E-state index contributed by atoms with van der Waals surface area (Å²) in [5.74, 6) is 1.97. The number of aromatic nitrogens is 3. The van der Waals surface area contributed by atoms with E-state index in [-0.39, 0.29) is 0 Å². The van der Waals surface area contributed by atoms with Gasteiger partial charge in [0.15, 0.2) is 0 Å². The van der Waals surface area contributed by atoms with Crippen LogP contribution >= 0.6 is 11.6 Å². The minimum atomic E-state index is 0.537. The van der Waals surface area contributed by atoms with Crippen molar-refractivity contribution >= 4 is 28.6 Å². The molecule has 2 heterocycles. The number of anilines is 1. The Morgan fingerprint density at radius 3 is 2.89 bits per heavy atom. The molecule has 1 aromatic heterocycles. The summed E-state index contributed by atoms with van der Waals surface area (Å²) in [6.07, 6.45) is 2.34. The summed E-state index contributed by atoms with van der Waals surface area (Å²) in [7, 11) is 0. The molecule has 1 saturated heterocycles. The summed E-state index contributed by atoms with van der Waals surface area (Å²) < 4.78 is 0. The Bertz CT molecular complexity index is 545. The van der Waals surface area contributed by atoms with Crippen LogP contribution in [0.25, 0.3) is 11.0 Å². The van der Waals surface area contributed by atoms with Crippen LogP contribution in [0.5, 0.6) is 0 Å². The van der Waals surface area contributed by atoms with E-state index in [0.29, 0.717) is 11.8 Å². The summed E-state index contributed by atoms with van der Waals surface area (Å²) in [6.45, 7) is 1.93. The molecule has 18 heavy (non-hydrogen) atoms. The largest absolute Gasteiger partial charge is 0.339 e. The lowest BCUT2D eigenvalue weighted by Gasteiger charge is -2.31. The van der Waals surface area contributed by atoms with E-state index in [1.54, 1.807) is 0 Å². The molecule has 1 aliphatic heterocycles. The van der Waals surface area contributed by atoms with Gasteiger partial charge < -0.3 is 4.90 Å². The lowest BCUT2D eigenvalue weighted by Crippen LogP contribution is -2.37. The van der Waals surface area contributed by atoms with Crippen LogP contribution in [0.15, 0.2) is 24.3 Å². The second kappa shape index (κ2) is 5.06. The van der Waals surface area contributed by atoms with Crippen LogP contribution in [0, 0.1) is 5.92 Å². The van der Waals surface area contributed by atoms with Gasteiger partial charge in [-0.3, -0.25) is 0 Å². The molecule has 1 unspecified atom stereocenters. The molecule has 3 rings (SSSR count). The molecule has 0 N–H and O–H groups in total. The first kappa shape index (κ1) is 11.7. The molecule has 1 fully saturated rings. The average Bonchev–Trinajstić information content (AvgIpc) is 2.47. The van der Waals surface area contributed by atoms with Gasteiger partial charge >= 0.3 is 0 Å². The minimum absolute atomic E-state index is 0.537. The van der Waals surface area contributed by atoms with E-state index in [9.17, 15) is 0 Å². The monoisotopic (exact) mass is 262 g/mol. The zero-order valence-electron chi connectivity index (χ0n) is 10.1. The average molecular weight is 263 g/mol. The van der Waals surface area contributed by atoms with Crippen LogP contribution in [0.4, 0.5) is 5.95 Å². The van der Waals surface area contributed by atoms with Gasteiger partial charge in [0.05, 0.1) is 5.52 Å². The normalized spacial score (nSPS) is 20.3. The van der Waals surface area contributed by atoms with Gasteiger partial charge in [0.1, 0.15) is 5.52 Å². The summed E-state index contributed by atoms with van der Waals surface area (Å²) >= 11 is 5.95. The van der Waals surface area contributed by atoms with E-state index in [1.165, 1.54) is 6.42 Å². The molecule has 1 aromatic carbocycles. The molecular formula is C13H15ClN4. The van der Waals surface area contributed by atoms with Crippen LogP contribution in [0.2, 0.25) is 0 Å². The van der Waals surface area contributed by atoms with Crippen molar-refractivity contribution in [1.82, 2.24) is 15.2 Å². The Hall–Kier alpha value is -1.42. The molecule has 4 nitrogen and oxygen atoms in total. The molecule has 1 aliphatic rings. The van der Waals surface area contributed by atoms with E-state index in [4.69, 9.17) is 11.6 Å². The van der Waals surface area contributed by atoms with Crippen molar-refractivity contribution in [3.8, 4) is 0 Å². The topological polar surface area (TPSA) is 41.9 Å². The van der Waals surface area contributed by atoms with Crippen molar-refractivity contribution in [1.29, 1.82) is 0 Å². The number of alkyl halides is 1. The Morgan fingerprint density at radius 2 is 2.06 bits per heavy atom. The number of halogens is 1. The molecule has 2 aromatic rings. The van der Waals surface area contributed by atoms with Crippen molar-refractivity contribution in [3.63, 3.8) is 0 Å². The highest BCUT2D eigenvalue weighted by molar-refractivity contribution is 6.18. The van der Waals surface area contributed by atoms with E-state index in [2.05, 4.69) is 20.1 Å². The Morgan fingerprint density at radius 1 is 1.22 bits per heavy atom. The molecule has 0 amide bonds. The number of hydrogen-bond donors (Lipinski definition) is 0. The predicted octanol–water partition coefficient (Wildman–Crippen LogP) is 2.48. The van der Waals surface area contributed by atoms with Gasteiger partial charge in [0.25, 0.3) is 0 Å². The molecule has 5 heteroatoms. The number of hydrogen-bond acceptors (Lipinski definition) is 4. The smallest absolute Gasteiger partial charge is 0.245 e. The van der Waals surface area contributed by atoms with Crippen molar-refractivity contribution in [2.24, 2.45) is 5.92 Å². The molecule has 0 aliphatic carbocycles. The van der Waals surface area contributed by atoms with Crippen LogP contribution in [0.1, 0.15) is 12.8 Å². The van der Waals surface area contributed by atoms with Gasteiger partial charge in [-0.05, 0) is 30.9 Å². The van der Waals surface area contributed by atoms with Crippen molar-refractivity contribution in [3.05, 3.63) is 24.3 Å². The summed E-state index contributed by atoms with van der Waals surface area (Å²) in [5, 5.41) is 8.44. The number of para-hydroxylation sites is 1. The van der Waals surface area contributed by atoms with Crippen molar-refractivity contribution in [2.45, 2.75) is 12.8 Å². The predicted molar refractivity (Wildman–Crippen MR) is 73.0 cm³/mol. The Labute approximate surface area is 111 Å². The molecule has 0 bridgehead atoms. The van der Waals surface area contributed by atoms with Crippen LogP contribution < -0.4 is 4.90 Å². The quantitative estimate of drug-likeness (QED) is 0.780. The van der Waals surface area contributed by atoms with Gasteiger partial charge in [-0.15, -0.1) is 21.8 Å². The third-order valence-electron chi connectivity index (χ3n) is 3.37. The second-order valence-electron chi connectivity index (χ2n) is 4.71. The first-order valence-corrected chi connectivity index (χ1v) is 6.80. The fourth-order valence-electron chi connectivity index (χ4n) is 2.38. The molecule has 0 spiro atoms. The summed E-state index contributed by atoms with van der Waals surface area (Å²) in [5.41, 5.74) is 1.74. The van der Waals surface area contributed by atoms with Crippen molar-refractivity contribution < 1.29 is 0 Å². The summed E-state index contributed by atoms with van der Waals surface area (Å²) in [4.78, 5) is 6.77. The van der Waals surface area contributed by atoms with Crippen LogP contribution in [0.3, 0.4) is 0 Å². The minimum Gasteiger partial charge on any atom is -0.339 e. The maximum atomic E-state index is 5.95. The number of benzene rings is 1. The van der Waals surface area contributed by atoms with Gasteiger partial charge in [0.2, 0.25) is 5.95 Å². The first-order chi connectivity index (χ1) is 8.86. The van der Waals surface area contributed by atoms with E-state index < -0.39 is 0 Å². The van der Waals surface area contributed by atoms with Crippen LogP contribution in [-0.2, 0) is 0 Å². The Balaban J connectivity index is 1.89. The van der Waals surface area contributed by atoms with Crippen molar-refractivity contribution in [2.75, 3.05) is 23.9 Å². The maximum Gasteiger partial charge on any atom is 0.245 e. The van der Waals surface area contributed by atoms with Gasteiger partial charge in [-0.1, -0.05) is 12.1 Å². The maximum absolute atomic E-state index is 5.95. The molecule has 94 valence electrons. The molecule has 1 atom stereocenters. The SMILES string of the molecule is ClCC1CCCN(c2nnc3ccccc3n2)C1. The zero-order valence-corrected chi connectivity index (χ0v) is 10.8. The lowest BCUT2D eigenvalue weighted by atomic mass is 10.0. The number of fused-ring (bicyclic) bond motifs is 1. The molecule has 0 saturated carbocycles. The van der Waals surface area contributed by atoms with E-state index in [0.717, 1.165) is 36.5 Å². The fraction of sp³-hybridized carbons (Fsp3) is 0.462. The molecule has 0 radical (unpaired) electrons. The standard InChI is InChI=1S/C13H15ClN4/c14-8-10-4-3-7-18(9-10)13-15-11-5-1-2-6-12(11)16-17-13/h1-2,5-6,10H,3-4,7-9H2. The highest BCUT2D eigenvalue weighted by Gasteiger charge is 2.21. The third kappa shape index (κ3) is 2.25. The number of nitrogens with zero attached hydrogens (tertiary/aromatic N) is 4. The number of rotatable bonds is 2. The zero-order chi connectivity index (χ0) is 12.4. The Kier molecular flexibility index (Phi) is 3.28. The van der Waals surface area contributed by atoms with E-state index in [1.807, 2.05) is 24.3 Å². The van der Waals surface area contributed by atoms with E-state index >= 15 is 0 Å². The summed E-state index contributed by atoms with van der Waals surface area (Å²) in [6, 6.07) is 7.81. The number of piperidine rings is 1. The fourth-order valence-corrected chi connectivity index (χ4v) is 2.63. The lowest BCUT2D eigenvalue weighted by molar-refractivity contribution is 0.445. The molecular weight excluding hydrogens is 248 g/mol. The highest BCUT2D eigenvalue weighted by atomic mass is 35.5. The van der Waals surface area contributed by atoms with Gasteiger partial charge in [-0.25, -0.2) is 4.98 Å². The van der Waals surface area contributed by atoms with Gasteiger partial charge in [-0.2, -0.15) is 0 Å². The van der Waals surface area contributed by atoms with Gasteiger partial charge in [0, 0.05) is 19.0 Å². The second-order valence-corrected chi connectivity index (χ2v) is 5.02. The first-order valence-electron chi connectivity index (χ1n) is 6.27. The third-order valence-corrected chi connectivity index (χ3v) is 3.81. The highest BCUT2D eigenvalue weighted by Crippen LogP contribution is 2.21. The van der Waals surface area contributed by atoms with Crippen LogP contribution in [-0.4, -0.2) is 34.2 Å².